The summed E-state index contributed by atoms with van der Waals surface area (Å²) in [7, 11) is 0. The molecule has 1 atom stereocenters. The maximum atomic E-state index is 3.65. The molecule has 0 fully saturated rings. The van der Waals surface area contributed by atoms with Gasteiger partial charge in [0.1, 0.15) is 0 Å². The van der Waals surface area contributed by atoms with Gasteiger partial charge in [-0.1, -0.05) is 44.5 Å². The van der Waals surface area contributed by atoms with Crippen molar-refractivity contribution in [2.45, 2.75) is 59.5 Å². The van der Waals surface area contributed by atoms with Gasteiger partial charge in [0.2, 0.25) is 0 Å². The Morgan fingerprint density at radius 1 is 1.10 bits per heavy atom. The molecule has 0 saturated heterocycles. The number of rotatable bonds is 4. The van der Waals surface area contributed by atoms with Crippen LogP contribution in [0.1, 0.15) is 60.2 Å². The van der Waals surface area contributed by atoms with Crippen molar-refractivity contribution in [3.63, 3.8) is 0 Å². The van der Waals surface area contributed by atoms with E-state index in [1.54, 1.807) is 0 Å². The SMILES string of the molecule is Cc1ccc(C(C)NCc2ccc(C(C)(C)C)s2)c(C)c1. The highest BCUT2D eigenvalue weighted by Crippen LogP contribution is 2.29. The van der Waals surface area contributed by atoms with Crippen LogP contribution in [0.2, 0.25) is 0 Å². The van der Waals surface area contributed by atoms with Gasteiger partial charge in [-0.05, 0) is 49.4 Å². The first-order valence-corrected chi connectivity index (χ1v) is 8.49. The van der Waals surface area contributed by atoms with E-state index < -0.39 is 0 Å². The molecule has 1 unspecified atom stereocenters. The van der Waals surface area contributed by atoms with Crippen LogP contribution in [0.15, 0.2) is 30.3 Å². The topological polar surface area (TPSA) is 12.0 Å². The third-order valence-corrected chi connectivity index (χ3v) is 5.39. The average molecular weight is 301 g/mol. The van der Waals surface area contributed by atoms with Crippen LogP contribution in [0.3, 0.4) is 0 Å². The van der Waals surface area contributed by atoms with Gasteiger partial charge < -0.3 is 5.32 Å². The largest absolute Gasteiger partial charge is 0.305 e. The molecule has 1 nitrogen and oxygen atoms in total. The van der Waals surface area contributed by atoms with E-state index in [0.29, 0.717) is 6.04 Å². The number of benzene rings is 1. The van der Waals surface area contributed by atoms with E-state index in [0.717, 1.165) is 6.54 Å². The summed E-state index contributed by atoms with van der Waals surface area (Å²) in [5.74, 6) is 0. The van der Waals surface area contributed by atoms with Crippen LogP contribution in [0, 0.1) is 13.8 Å². The summed E-state index contributed by atoms with van der Waals surface area (Å²) in [6.07, 6.45) is 0. The van der Waals surface area contributed by atoms with Gasteiger partial charge in [-0.3, -0.25) is 0 Å². The van der Waals surface area contributed by atoms with Crippen molar-refractivity contribution in [2.75, 3.05) is 0 Å². The van der Waals surface area contributed by atoms with E-state index in [1.807, 2.05) is 11.3 Å². The van der Waals surface area contributed by atoms with Crippen LogP contribution in [0.4, 0.5) is 0 Å². The van der Waals surface area contributed by atoms with Gasteiger partial charge in [-0.2, -0.15) is 0 Å². The standard InChI is InChI=1S/C19H27NS/c1-13-7-9-17(14(2)11-13)15(3)20-12-16-8-10-18(21-16)19(4,5)6/h7-11,15,20H,12H2,1-6H3. The summed E-state index contributed by atoms with van der Waals surface area (Å²) < 4.78 is 0. The van der Waals surface area contributed by atoms with Crippen molar-refractivity contribution in [1.29, 1.82) is 0 Å². The maximum absolute atomic E-state index is 3.65. The number of hydrogen-bond donors (Lipinski definition) is 1. The number of hydrogen-bond acceptors (Lipinski definition) is 2. The molecular formula is C19H27NS. The molecule has 0 aliphatic rings. The molecule has 0 bridgehead atoms. The molecule has 2 heteroatoms. The molecule has 1 heterocycles. The molecule has 0 aliphatic carbocycles. The Bertz CT molecular complexity index is 604. The van der Waals surface area contributed by atoms with E-state index in [2.05, 4.69) is 77.2 Å². The molecule has 21 heavy (non-hydrogen) atoms. The van der Waals surface area contributed by atoms with Gasteiger partial charge in [-0.25, -0.2) is 0 Å². The van der Waals surface area contributed by atoms with Gasteiger partial charge in [0.05, 0.1) is 0 Å². The third-order valence-electron chi connectivity index (χ3n) is 3.88. The fraction of sp³-hybridized carbons (Fsp3) is 0.474. The highest BCUT2D eigenvalue weighted by Gasteiger charge is 2.16. The minimum atomic E-state index is 0.252. The van der Waals surface area contributed by atoms with Gasteiger partial charge in [0.25, 0.3) is 0 Å². The summed E-state index contributed by atoms with van der Waals surface area (Å²) >= 11 is 1.92. The van der Waals surface area contributed by atoms with E-state index in [9.17, 15) is 0 Å². The van der Waals surface area contributed by atoms with Gasteiger partial charge >= 0.3 is 0 Å². The second-order valence-corrected chi connectivity index (χ2v) is 8.15. The smallest absolute Gasteiger partial charge is 0.0305 e. The molecule has 0 aliphatic heterocycles. The zero-order valence-electron chi connectivity index (χ0n) is 14.1. The van der Waals surface area contributed by atoms with Crippen LogP contribution in [-0.4, -0.2) is 0 Å². The molecule has 0 amide bonds. The summed E-state index contributed by atoms with van der Waals surface area (Å²) in [5.41, 5.74) is 4.35. The summed E-state index contributed by atoms with van der Waals surface area (Å²) in [6, 6.07) is 11.6. The van der Waals surface area contributed by atoms with Crippen molar-refractivity contribution >= 4 is 11.3 Å². The minimum absolute atomic E-state index is 0.252. The van der Waals surface area contributed by atoms with Crippen LogP contribution in [0.5, 0.6) is 0 Å². The maximum Gasteiger partial charge on any atom is 0.0305 e. The van der Waals surface area contributed by atoms with Crippen molar-refractivity contribution in [1.82, 2.24) is 5.32 Å². The quantitative estimate of drug-likeness (QED) is 0.784. The summed E-state index contributed by atoms with van der Waals surface area (Å²) in [4.78, 5) is 2.87. The number of aryl methyl sites for hydroxylation is 2. The predicted molar refractivity (Wildman–Crippen MR) is 94.2 cm³/mol. The third kappa shape index (κ3) is 4.18. The number of nitrogens with one attached hydrogen (secondary N) is 1. The zero-order chi connectivity index (χ0) is 15.6. The van der Waals surface area contributed by atoms with Crippen LogP contribution >= 0.6 is 11.3 Å². The van der Waals surface area contributed by atoms with E-state index >= 15 is 0 Å². The lowest BCUT2D eigenvalue weighted by Crippen LogP contribution is -2.18. The zero-order valence-corrected chi connectivity index (χ0v) is 14.9. The molecule has 1 aromatic heterocycles. The first-order valence-electron chi connectivity index (χ1n) is 7.67. The Labute approximate surface area is 133 Å². The molecule has 0 radical (unpaired) electrons. The van der Waals surface area contributed by atoms with E-state index in [4.69, 9.17) is 0 Å². The minimum Gasteiger partial charge on any atom is -0.305 e. The highest BCUT2D eigenvalue weighted by molar-refractivity contribution is 7.12. The fourth-order valence-electron chi connectivity index (χ4n) is 2.55. The predicted octanol–water partition coefficient (Wildman–Crippen LogP) is 5.51. The summed E-state index contributed by atoms with van der Waals surface area (Å²) in [5, 5.41) is 3.65. The monoisotopic (exact) mass is 301 g/mol. The summed E-state index contributed by atoms with van der Waals surface area (Å²) in [6.45, 7) is 14.3. The highest BCUT2D eigenvalue weighted by atomic mass is 32.1. The van der Waals surface area contributed by atoms with Crippen LogP contribution < -0.4 is 5.32 Å². The van der Waals surface area contributed by atoms with E-state index in [1.165, 1.54) is 26.4 Å². The molecule has 1 aromatic carbocycles. The molecule has 0 spiro atoms. The van der Waals surface area contributed by atoms with Gasteiger partial charge in [0, 0.05) is 22.3 Å². The Morgan fingerprint density at radius 3 is 2.38 bits per heavy atom. The van der Waals surface area contributed by atoms with Gasteiger partial charge in [0.15, 0.2) is 0 Å². The molecule has 114 valence electrons. The van der Waals surface area contributed by atoms with Crippen molar-refractivity contribution in [3.05, 3.63) is 56.8 Å². The second kappa shape index (κ2) is 6.33. The second-order valence-electron chi connectivity index (χ2n) is 6.98. The van der Waals surface area contributed by atoms with Gasteiger partial charge in [-0.15, -0.1) is 11.3 Å². The Hall–Kier alpha value is -1.12. The Balaban J connectivity index is 2.01. The Morgan fingerprint density at radius 2 is 1.81 bits per heavy atom. The van der Waals surface area contributed by atoms with Crippen molar-refractivity contribution in [3.8, 4) is 0 Å². The average Bonchev–Trinajstić information content (AvgIpc) is 2.84. The first-order chi connectivity index (χ1) is 9.77. The molecule has 0 saturated carbocycles. The fourth-order valence-corrected chi connectivity index (χ4v) is 3.57. The van der Waals surface area contributed by atoms with Crippen molar-refractivity contribution in [2.24, 2.45) is 0 Å². The molecular weight excluding hydrogens is 274 g/mol. The molecule has 1 N–H and O–H groups in total. The van der Waals surface area contributed by atoms with Crippen LogP contribution in [0.25, 0.3) is 0 Å². The Kier molecular flexibility index (Phi) is 4.90. The van der Waals surface area contributed by atoms with Crippen LogP contribution in [-0.2, 0) is 12.0 Å². The number of thiophene rings is 1. The molecule has 2 aromatic rings. The van der Waals surface area contributed by atoms with E-state index in [-0.39, 0.29) is 5.41 Å². The first kappa shape index (κ1) is 16.3. The van der Waals surface area contributed by atoms with Crippen molar-refractivity contribution < 1.29 is 0 Å². The lowest BCUT2D eigenvalue weighted by Gasteiger charge is -2.17. The molecule has 2 rings (SSSR count). The lowest BCUT2D eigenvalue weighted by atomic mass is 9.95. The normalized spacial score (nSPS) is 13.4. The lowest BCUT2D eigenvalue weighted by molar-refractivity contribution is 0.576.